The van der Waals surface area contributed by atoms with Gasteiger partial charge in [0.1, 0.15) is 17.8 Å². The predicted molar refractivity (Wildman–Crippen MR) is 138 cm³/mol. The monoisotopic (exact) mass is 499 g/mol. The van der Waals surface area contributed by atoms with Crippen LogP contribution in [-0.2, 0) is 10.0 Å². The minimum Gasteiger partial charge on any atom is -0.383 e. The largest absolute Gasteiger partial charge is 0.383 e. The number of sulfonamides is 1. The van der Waals surface area contributed by atoms with Crippen molar-refractivity contribution in [3.05, 3.63) is 83.8 Å². The molecule has 36 heavy (non-hydrogen) atoms. The van der Waals surface area contributed by atoms with E-state index in [0.717, 1.165) is 25.7 Å². The smallest absolute Gasteiger partial charge is 0.241 e. The SMILES string of the molecule is Nc1ncnc2c1c(C(=O)c1cccc(C#CCNS(=O)(=O)c3ccccc3)c1)cn2C1CCCC1. The molecule has 0 unspecified atom stereocenters. The third kappa shape index (κ3) is 4.73. The fourth-order valence-corrected chi connectivity index (χ4v) is 5.54. The number of carbonyl (C=O) groups is 1. The van der Waals surface area contributed by atoms with Crippen molar-refractivity contribution >= 4 is 32.7 Å². The fraction of sp³-hybridized carbons (Fsp3) is 0.222. The molecule has 0 atom stereocenters. The van der Waals surface area contributed by atoms with Gasteiger partial charge in [0.15, 0.2) is 5.78 Å². The summed E-state index contributed by atoms with van der Waals surface area (Å²) in [6.45, 7) is -0.0574. The van der Waals surface area contributed by atoms with Crippen molar-refractivity contribution in [1.82, 2.24) is 19.3 Å². The number of aromatic nitrogens is 3. The number of carbonyl (C=O) groups excluding carboxylic acids is 1. The molecule has 8 nitrogen and oxygen atoms in total. The van der Waals surface area contributed by atoms with Crippen molar-refractivity contribution in [2.75, 3.05) is 12.3 Å². The molecule has 9 heteroatoms. The highest BCUT2D eigenvalue weighted by atomic mass is 32.2. The maximum atomic E-state index is 13.5. The van der Waals surface area contributed by atoms with Crippen LogP contribution in [0.15, 0.2) is 72.0 Å². The second-order valence-electron chi connectivity index (χ2n) is 8.70. The summed E-state index contributed by atoms with van der Waals surface area (Å²) in [5.41, 5.74) is 8.39. The molecule has 1 saturated carbocycles. The van der Waals surface area contributed by atoms with Gasteiger partial charge in [0.05, 0.1) is 22.4 Å². The molecule has 0 amide bonds. The first-order chi connectivity index (χ1) is 17.4. The van der Waals surface area contributed by atoms with Crippen molar-refractivity contribution < 1.29 is 13.2 Å². The molecule has 1 aliphatic carbocycles. The Kier molecular flexibility index (Phi) is 6.55. The van der Waals surface area contributed by atoms with Gasteiger partial charge in [0, 0.05) is 23.4 Å². The first-order valence-corrected chi connectivity index (χ1v) is 13.2. The zero-order valence-electron chi connectivity index (χ0n) is 19.5. The quantitative estimate of drug-likeness (QED) is 0.308. The van der Waals surface area contributed by atoms with Crippen LogP contribution < -0.4 is 10.5 Å². The Hall–Kier alpha value is -4.00. The van der Waals surface area contributed by atoms with Crippen molar-refractivity contribution in [1.29, 1.82) is 0 Å². The van der Waals surface area contributed by atoms with Crippen LogP contribution in [0.2, 0.25) is 0 Å². The minimum absolute atomic E-state index is 0.0574. The average molecular weight is 500 g/mol. The Morgan fingerprint density at radius 1 is 1.08 bits per heavy atom. The van der Waals surface area contributed by atoms with E-state index in [0.29, 0.717) is 33.8 Å². The van der Waals surface area contributed by atoms with E-state index in [2.05, 4.69) is 31.1 Å². The molecule has 4 aromatic rings. The van der Waals surface area contributed by atoms with Gasteiger partial charge in [-0.05, 0) is 37.1 Å². The number of fused-ring (bicyclic) bond motifs is 1. The van der Waals surface area contributed by atoms with E-state index in [4.69, 9.17) is 5.73 Å². The maximum absolute atomic E-state index is 13.5. The summed E-state index contributed by atoms with van der Waals surface area (Å²) in [7, 11) is -3.63. The van der Waals surface area contributed by atoms with Crippen LogP contribution in [-0.4, -0.2) is 35.3 Å². The number of nitrogens with two attached hydrogens (primary N) is 1. The zero-order valence-corrected chi connectivity index (χ0v) is 20.3. The Morgan fingerprint density at radius 3 is 2.64 bits per heavy atom. The number of nitrogens with one attached hydrogen (secondary N) is 1. The Morgan fingerprint density at radius 2 is 1.86 bits per heavy atom. The average Bonchev–Trinajstić information content (AvgIpc) is 3.56. The summed E-state index contributed by atoms with van der Waals surface area (Å²) in [5, 5.41) is 0.571. The van der Waals surface area contributed by atoms with Gasteiger partial charge in [0.25, 0.3) is 0 Å². The summed E-state index contributed by atoms with van der Waals surface area (Å²) >= 11 is 0. The number of hydrogen-bond acceptors (Lipinski definition) is 6. The number of benzene rings is 2. The van der Waals surface area contributed by atoms with Gasteiger partial charge in [-0.3, -0.25) is 4.79 Å². The molecule has 0 spiro atoms. The minimum atomic E-state index is -3.63. The molecular weight excluding hydrogens is 474 g/mol. The first kappa shape index (κ1) is 23.7. The van der Waals surface area contributed by atoms with Crippen LogP contribution in [0.3, 0.4) is 0 Å². The maximum Gasteiger partial charge on any atom is 0.241 e. The molecule has 0 aliphatic heterocycles. The van der Waals surface area contributed by atoms with E-state index < -0.39 is 10.0 Å². The number of ketones is 1. The van der Waals surface area contributed by atoms with E-state index in [-0.39, 0.29) is 23.0 Å². The highest BCUT2D eigenvalue weighted by molar-refractivity contribution is 7.89. The van der Waals surface area contributed by atoms with Gasteiger partial charge in [-0.2, -0.15) is 4.72 Å². The lowest BCUT2D eigenvalue weighted by molar-refractivity contribution is 0.104. The van der Waals surface area contributed by atoms with Crippen LogP contribution in [0.5, 0.6) is 0 Å². The van der Waals surface area contributed by atoms with Crippen LogP contribution in [0.25, 0.3) is 11.0 Å². The van der Waals surface area contributed by atoms with Gasteiger partial charge in [0.2, 0.25) is 10.0 Å². The zero-order chi connectivity index (χ0) is 25.1. The second-order valence-corrected chi connectivity index (χ2v) is 10.5. The van der Waals surface area contributed by atoms with Crippen LogP contribution in [0, 0.1) is 11.8 Å². The highest BCUT2D eigenvalue weighted by Crippen LogP contribution is 2.35. The first-order valence-electron chi connectivity index (χ1n) is 11.7. The number of anilines is 1. The number of nitrogens with zero attached hydrogens (tertiary/aromatic N) is 3. The summed E-state index contributed by atoms with van der Waals surface area (Å²) < 4.78 is 29.2. The molecular formula is C27H25N5O3S. The van der Waals surface area contributed by atoms with Crippen molar-refractivity contribution in [3.8, 4) is 11.8 Å². The molecule has 182 valence electrons. The lowest BCUT2D eigenvalue weighted by Crippen LogP contribution is -2.23. The summed E-state index contributed by atoms with van der Waals surface area (Å²) in [6.07, 6.45) is 7.66. The predicted octanol–water partition coefficient (Wildman–Crippen LogP) is 3.69. The van der Waals surface area contributed by atoms with Gasteiger partial charge in [-0.1, -0.05) is 55.0 Å². The fourth-order valence-electron chi connectivity index (χ4n) is 4.60. The highest BCUT2D eigenvalue weighted by Gasteiger charge is 2.25. The molecule has 2 aromatic heterocycles. The molecule has 1 aliphatic rings. The van der Waals surface area contributed by atoms with Gasteiger partial charge in [-0.25, -0.2) is 18.4 Å². The third-order valence-corrected chi connectivity index (χ3v) is 7.78. The van der Waals surface area contributed by atoms with Crippen LogP contribution in [0.1, 0.15) is 53.2 Å². The molecule has 0 bridgehead atoms. The Bertz CT molecular complexity index is 1590. The topological polar surface area (TPSA) is 120 Å². The Balaban J connectivity index is 1.38. The van der Waals surface area contributed by atoms with E-state index in [1.54, 1.807) is 42.5 Å². The summed E-state index contributed by atoms with van der Waals surface area (Å²) in [6, 6.07) is 15.3. The van der Waals surface area contributed by atoms with E-state index in [1.165, 1.54) is 18.5 Å². The van der Waals surface area contributed by atoms with Crippen molar-refractivity contribution in [2.24, 2.45) is 0 Å². The molecule has 0 radical (unpaired) electrons. The molecule has 2 heterocycles. The molecule has 0 saturated heterocycles. The lowest BCUT2D eigenvalue weighted by atomic mass is 10.0. The number of hydrogen-bond donors (Lipinski definition) is 2. The molecule has 2 aromatic carbocycles. The third-order valence-electron chi connectivity index (χ3n) is 6.36. The molecule has 5 rings (SSSR count). The lowest BCUT2D eigenvalue weighted by Gasteiger charge is -2.12. The summed E-state index contributed by atoms with van der Waals surface area (Å²) in [5.74, 6) is 5.84. The number of rotatable bonds is 6. The van der Waals surface area contributed by atoms with Crippen LogP contribution >= 0.6 is 0 Å². The van der Waals surface area contributed by atoms with E-state index >= 15 is 0 Å². The van der Waals surface area contributed by atoms with Crippen molar-refractivity contribution in [3.63, 3.8) is 0 Å². The molecule has 3 N–H and O–H groups in total. The van der Waals surface area contributed by atoms with Gasteiger partial charge in [-0.15, -0.1) is 0 Å². The standard InChI is InChI=1S/C27H25N5O3S/c28-26-24-23(17-32(21-11-4-5-12-21)27(24)30-18-29-26)25(33)20-10-6-8-19(16-20)9-7-15-31-36(34,35)22-13-2-1-3-14-22/h1-3,6,8,10,13-14,16-18,21,31H,4-5,11-12,15H2,(H2,28,29,30). The van der Waals surface area contributed by atoms with E-state index in [1.807, 2.05) is 6.20 Å². The van der Waals surface area contributed by atoms with Gasteiger partial charge >= 0.3 is 0 Å². The Labute approximate surface area is 209 Å². The normalized spacial score (nSPS) is 14.0. The number of nitrogen functional groups attached to an aromatic ring is 1. The van der Waals surface area contributed by atoms with Crippen LogP contribution in [0.4, 0.5) is 5.82 Å². The van der Waals surface area contributed by atoms with Gasteiger partial charge < -0.3 is 10.3 Å². The summed E-state index contributed by atoms with van der Waals surface area (Å²) in [4.78, 5) is 22.3. The second kappa shape index (κ2) is 9.93. The van der Waals surface area contributed by atoms with E-state index in [9.17, 15) is 13.2 Å². The molecule has 1 fully saturated rings. The van der Waals surface area contributed by atoms with Crippen molar-refractivity contribution in [2.45, 2.75) is 36.6 Å².